The van der Waals surface area contributed by atoms with Crippen LogP contribution in [0.2, 0.25) is 0 Å². The van der Waals surface area contributed by atoms with Crippen molar-refractivity contribution in [1.82, 2.24) is 30.0 Å². The number of aromatic nitrogens is 4. The van der Waals surface area contributed by atoms with Crippen LogP contribution in [-0.4, -0.2) is 75.4 Å². The van der Waals surface area contributed by atoms with Crippen LogP contribution in [0.3, 0.4) is 0 Å². The van der Waals surface area contributed by atoms with Gasteiger partial charge in [-0.25, -0.2) is 4.68 Å². The highest BCUT2D eigenvalue weighted by molar-refractivity contribution is 5.85. The third-order valence-electron chi connectivity index (χ3n) is 5.06. The predicted molar refractivity (Wildman–Crippen MR) is 99.9 cm³/mol. The van der Waals surface area contributed by atoms with E-state index in [-0.39, 0.29) is 18.5 Å². The molecule has 2 aliphatic rings. The second-order valence-corrected chi connectivity index (χ2v) is 6.78. The zero-order chi connectivity index (χ0) is 16.8. The van der Waals surface area contributed by atoms with E-state index in [9.17, 15) is 0 Å². The molecule has 2 aliphatic heterocycles. The monoisotopic (exact) mass is 370 g/mol. The second-order valence-electron chi connectivity index (χ2n) is 6.78. The fourth-order valence-electron chi connectivity index (χ4n) is 3.75. The van der Waals surface area contributed by atoms with Crippen LogP contribution in [0.4, 0.5) is 0 Å². The van der Waals surface area contributed by atoms with E-state index in [4.69, 9.17) is 4.74 Å². The number of nitrogens with zero attached hydrogens (tertiary/aromatic N) is 6. The van der Waals surface area contributed by atoms with Crippen LogP contribution < -0.4 is 0 Å². The molecule has 142 valence electrons. The van der Waals surface area contributed by atoms with Crippen molar-refractivity contribution in [3.05, 3.63) is 18.5 Å². The molecule has 8 heteroatoms. The number of hydrogen-bond acceptors (Lipinski definition) is 6. The van der Waals surface area contributed by atoms with Crippen LogP contribution in [0, 0.1) is 0 Å². The Balaban J connectivity index is 0.00000225. The van der Waals surface area contributed by atoms with Crippen molar-refractivity contribution in [2.45, 2.75) is 51.3 Å². The Hall–Kier alpha value is -1.02. The molecule has 2 atom stereocenters. The summed E-state index contributed by atoms with van der Waals surface area (Å²) >= 11 is 0. The average Bonchev–Trinajstić information content (AvgIpc) is 3.26. The van der Waals surface area contributed by atoms with Gasteiger partial charge in [0, 0.05) is 39.3 Å². The molecule has 3 heterocycles. The number of ether oxygens (including phenoxy) is 1. The van der Waals surface area contributed by atoms with Crippen molar-refractivity contribution in [1.29, 1.82) is 0 Å². The van der Waals surface area contributed by atoms with Crippen LogP contribution in [0.1, 0.15) is 44.5 Å². The largest absolute Gasteiger partial charge is 0.376 e. The lowest BCUT2D eigenvalue weighted by molar-refractivity contribution is 0.0790. The van der Waals surface area contributed by atoms with E-state index in [0.29, 0.717) is 6.04 Å². The van der Waals surface area contributed by atoms with E-state index < -0.39 is 0 Å². The molecule has 2 saturated heterocycles. The first-order chi connectivity index (χ1) is 11.8. The number of tetrazole rings is 1. The lowest BCUT2D eigenvalue weighted by Crippen LogP contribution is -2.48. The molecule has 3 rings (SSSR count). The van der Waals surface area contributed by atoms with Crippen LogP contribution in [0.25, 0.3) is 0 Å². The van der Waals surface area contributed by atoms with Crippen molar-refractivity contribution >= 4 is 12.4 Å². The topological polar surface area (TPSA) is 59.3 Å². The van der Waals surface area contributed by atoms with Gasteiger partial charge >= 0.3 is 0 Å². The van der Waals surface area contributed by atoms with Crippen molar-refractivity contribution in [3.8, 4) is 0 Å². The third kappa shape index (κ3) is 5.23. The Morgan fingerprint density at radius 1 is 1.32 bits per heavy atom. The summed E-state index contributed by atoms with van der Waals surface area (Å²) in [5.74, 6) is 1.00. The molecule has 0 spiro atoms. The van der Waals surface area contributed by atoms with Gasteiger partial charge in [0.25, 0.3) is 0 Å². The van der Waals surface area contributed by atoms with E-state index in [0.717, 1.165) is 77.4 Å². The Morgan fingerprint density at radius 3 is 2.76 bits per heavy atom. The molecular formula is C17H31ClN6O. The smallest absolute Gasteiger partial charge is 0.168 e. The lowest BCUT2D eigenvalue weighted by Gasteiger charge is -2.38. The van der Waals surface area contributed by atoms with Crippen LogP contribution in [0.15, 0.2) is 12.7 Å². The van der Waals surface area contributed by atoms with Gasteiger partial charge in [0.1, 0.15) is 0 Å². The highest BCUT2D eigenvalue weighted by atomic mass is 35.5. The summed E-state index contributed by atoms with van der Waals surface area (Å²) in [4.78, 5) is 4.99. The minimum atomic E-state index is 0. The molecule has 0 radical (unpaired) electrons. The van der Waals surface area contributed by atoms with E-state index in [1.807, 2.05) is 10.8 Å². The summed E-state index contributed by atoms with van der Waals surface area (Å²) < 4.78 is 7.74. The number of piperazine rings is 1. The molecule has 2 unspecified atom stereocenters. The van der Waals surface area contributed by atoms with Gasteiger partial charge < -0.3 is 4.74 Å². The van der Waals surface area contributed by atoms with Crippen molar-refractivity contribution in [2.24, 2.45) is 0 Å². The quantitative estimate of drug-likeness (QED) is 0.651. The van der Waals surface area contributed by atoms with Crippen molar-refractivity contribution < 1.29 is 4.74 Å². The van der Waals surface area contributed by atoms with E-state index in [1.54, 1.807) is 0 Å². The fourth-order valence-corrected chi connectivity index (χ4v) is 3.75. The number of hydrogen-bond donors (Lipinski definition) is 0. The fraction of sp³-hybridized carbons (Fsp3) is 0.824. The number of rotatable bonds is 8. The molecule has 0 bridgehead atoms. The third-order valence-corrected chi connectivity index (χ3v) is 5.06. The molecule has 1 aromatic heterocycles. The normalized spacial score (nSPS) is 23.3. The van der Waals surface area contributed by atoms with E-state index >= 15 is 0 Å². The second kappa shape index (κ2) is 10.2. The summed E-state index contributed by atoms with van der Waals surface area (Å²) in [6, 6.07) is 0.303. The predicted octanol–water partition coefficient (Wildman–Crippen LogP) is 1.92. The average molecular weight is 371 g/mol. The minimum absolute atomic E-state index is 0. The molecule has 2 fully saturated rings. The zero-order valence-corrected chi connectivity index (χ0v) is 16.0. The van der Waals surface area contributed by atoms with Gasteiger partial charge in [0.05, 0.1) is 18.7 Å². The summed E-state index contributed by atoms with van der Waals surface area (Å²) in [6.45, 7) is 13.0. The highest BCUT2D eigenvalue weighted by Crippen LogP contribution is 2.26. The van der Waals surface area contributed by atoms with Gasteiger partial charge in [-0.15, -0.1) is 24.1 Å². The molecule has 0 amide bonds. The van der Waals surface area contributed by atoms with Crippen LogP contribution >= 0.6 is 12.4 Å². The molecule has 1 aromatic rings. The van der Waals surface area contributed by atoms with Crippen LogP contribution in [-0.2, 0) is 11.3 Å². The van der Waals surface area contributed by atoms with Crippen molar-refractivity contribution in [3.63, 3.8) is 0 Å². The van der Waals surface area contributed by atoms with Gasteiger partial charge in [0.15, 0.2) is 5.82 Å². The van der Waals surface area contributed by atoms with E-state index in [1.165, 1.54) is 0 Å². The molecule has 0 aliphatic carbocycles. The molecule has 0 N–H and O–H groups in total. The summed E-state index contributed by atoms with van der Waals surface area (Å²) in [7, 11) is 0. The summed E-state index contributed by atoms with van der Waals surface area (Å²) in [5, 5.41) is 12.6. The summed E-state index contributed by atoms with van der Waals surface area (Å²) in [5.41, 5.74) is 0. The maximum Gasteiger partial charge on any atom is 0.168 e. The van der Waals surface area contributed by atoms with Gasteiger partial charge in [-0.2, -0.15) is 0 Å². The standard InChI is InChI=1S/C17H30N6O.ClH/c1-3-6-16(22-11-9-21(8-4-2)10-12-22)17-18-19-20-23(17)14-15-7-5-13-24-15;/h4,15-16H,2-3,5-14H2,1H3;1H. The Bertz CT molecular complexity index is 511. The van der Waals surface area contributed by atoms with E-state index in [2.05, 4.69) is 38.8 Å². The first kappa shape index (κ1) is 20.3. The Labute approximate surface area is 156 Å². The SMILES string of the molecule is C=CCN1CCN(C(CCC)c2nnnn2CC2CCCO2)CC1.Cl. The first-order valence-electron chi connectivity index (χ1n) is 9.26. The lowest BCUT2D eigenvalue weighted by atomic mass is 10.1. The van der Waals surface area contributed by atoms with Gasteiger partial charge in [-0.05, 0) is 29.7 Å². The Kier molecular flexibility index (Phi) is 8.29. The van der Waals surface area contributed by atoms with Gasteiger partial charge in [-0.3, -0.25) is 9.80 Å². The van der Waals surface area contributed by atoms with Crippen LogP contribution in [0.5, 0.6) is 0 Å². The van der Waals surface area contributed by atoms with Gasteiger partial charge in [-0.1, -0.05) is 19.4 Å². The minimum Gasteiger partial charge on any atom is -0.376 e. The molecule has 0 saturated carbocycles. The highest BCUT2D eigenvalue weighted by Gasteiger charge is 2.29. The maximum atomic E-state index is 5.76. The maximum absolute atomic E-state index is 5.76. The molecule has 0 aromatic carbocycles. The van der Waals surface area contributed by atoms with Crippen molar-refractivity contribution in [2.75, 3.05) is 39.3 Å². The Morgan fingerprint density at radius 2 is 2.12 bits per heavy atom. The molecule has 25 heavy (non-hydrogen) atoms. The molecular weight excluding hydrogens is 340 g/mol. The first-order valence-corrected chi connectivity index (χ1v) is 9.26. The summed E-state index contributed by atoms with van der Waals surface area (Å²) in [6.07, 6.45) is 6.72. The number of halogens is 1. The molecule has 7 nitrogen and oxygen atoms in total. The zero-order valence-electron chi connectivity index (χ0n) is 15.2. The van der Waals surface area contributed by atoms with Gasteiger partial charge in [0.2, 0.25) is 0 Å².